The fourth-order valence-electron chi connectivity index (χ4n) is 2.07. The van der Waals surface area contributed by atoms with Crippen LogP contribution in [0.1, 0.15) is 12.5 Å². The van der Waals surface area contributed by atoms with Crippen molar-refractivity contribution in [3.8, 4) is 23.0 Å². The van der Waals surface area contributed by atoms with E-state index in [0.717, 1.165) is 15.7 Å². The lowest BCUT2D eigenvalue weighted by Gasteiger charge is -2.14. The van der Waals surface area contributed by atoms with E-state index in [1.165, 1.54) is 7.11 Å². The minimum absolute atomic E-state index is 0.426. The van der Waals surface area contributed by atoms with Crippen molar-refractivity contribution in [3.05, 3.63) is 46.4 Å². The second-order valence-corrected chi connectivity index (χ2v) is 5.43. The van der Waals surface area contributed by atoms with Gasteiger partial charge in [-0.25, -0.2) is 0 Å². The average Bonchev–Trinajstić information content (AvgIpc) is 2.58. The summed E-state index contributed by atoms with van der Waals surface area (Å²) in [6, 6.07) is 11.2. The topological polar surface area (TPSA) is 49.3 Å². The number of ether oxygens (including phenoxy) is 3. The van der Waals surface area contributed by atoms with Crippen LogP contribution in [-0.4, -0.2) is 27.0 Å². The Labute approximate surface area is 143 Å². The van der Waals surface area contributed by atoms with E-state index >= 15 is 0 Å². The minimum Gasteiger partial charge on any atom is -0.493 e. The maximum atomic E-state index is 5.55. The lowest BCUT2D eigenvalue weighted by Crippen LogP contribution is -2.01. The number of halogens is 1. The van der Waals surface area contributed by atoms with E-state index in [1.807, 2.05) is 31.2 Å². The number of benzene rings is 2. The van der Waals surface area contributed by atoms with Crippen LogP contribution in [0.5, 0.6) is 23.0 Å². The summed E-state index contributed by atoms with van der Waals surface area (Å²) in [5.41, 5.74) is 1.68. The first-order chi connectivity index (χ1) is 11.1. The summed E-state index contributed by atoms with van der Waals surface area (Å²) in [6.07, 6.45) is 0. The maximum Gasteiger partial charge on any atom is 0.210 e. The van der Waals surface area contributed by atoms with Crippen LogP contribution in [0.15, 0.2) is 46.0 Å². The molecule has 0 saturated heterocycles. The molecular formula is C17H18BrNO4. The molecule has 2 rings (SSSR count). The molecule has 122 valence electrons. The highest BCUT2D eigenvalue weighted by Crippen LogP contribution is 2.44. The number of oxime groups is 1. The molecule has 23 heavy (non-hydrogen) atoms. The van der Waals surface area contributed by atoms with E-state index in [4.69, 9.17) is 19.0 Å². The van der Waals surface area contributed by atoms with E-state index in [-0.39, 0.29) is 0 Å². The minimum atomic E-state index is 0.426. The third-order valence-electron chi connectivity index (χ3n) is 3.21. The average molecular weight is 380 g/mol. The molecule has 0 amide bonds. The van der Waals surface area contributed by atoms with Gasteiger partial charge in [0, 0.05) is 10.0 Å². The SMILES string of the molecule is COc1ccc(O/N=C(\C)c2ccccc2Br)c(OC)c1OC. The number of methoxy groups -OCH3 is 3. The monoisotopic (exact) mass is 379 g/mol. The van der Waals surface area contributed by atoms with Gasteiger partial charge >= 0.3 is 0 Å². The van der Waals surface area contributed by atoms with Crippen molar-refractivity contribution in [3.63, 3.8) is 0 Å². The summed E-state index contributed by atoms with van der Waals surface area (Å²) >= 11 is 3.50. The van der Waals surface area contributed by atoms with Gasteiger partial charge in [0.15, 0.2) is 5.75 Å². The van der Waals surface area contributed by atoms with Crippen molar-refractivity contribution in [2.24, 2.45) is 5.16 Å². The normalized spacial score (nSPS) is 11.1. The molecule has 0 aliphatic carbocycles. The molecule has 0 heterocycles. The molecule has 0 radical (unpaired) electrons. The standard InChI is InChI=1S/C17H18BrNO4/c1-11(12-7-5-6-8-13(12)18)19-23-15-10-9-14(20-2)16(21-3)17(15)22-4/h5-10H,1-4H3/b19-11+. The molecule has 0 unspecified atom stereocenters. The Bertz CT molecular complexity index is 716. The second-order valence-electron chi connectivity index (χ2n) is 4.58. The Balaban J connectivity index is 2.33. The van der Waals surface area contributed by atoms with Crippen LogP contribution < -0.4 is 19.0 Å². The fraction of sp³-hybridized carbons (Fsp3) is 0.235. The van der Waals surface area contributed by atoms with Gasteiger partial charge in [0.2, 0.25) is 17.2 Å². The van der Waals surface area contributed by atoms with Crippen molar-refractivity contribution >= 4 is 21.6 Å². The molecule has 0 fully saturated rings. The van der Waals surface area contributed by atoms with Crippen molar-refractivity contribution < 1.29 is 19.0 Å². The molecule has 0 spiro atoms. The van der Waals surface area contributed by atoms with Crippen LogP contribution in [0.2, 0.25) is 0 Å². The number of rotatable bonds is 6. The molecule has 0 bridgehead atoms. The van der Waals surface area contributed by atoms with E-state index in [9.17, 15) is 0 Å². The predicted octanol–water partition coefficient (Wildman–Crippen LogP) is 4.28. The van der Waals surface area contributed by atoms with E-state index in [0.29, 0.717) is 23.0 Å². The molecule has 0 aromatic heterocycles. The third kappa shape index (κ3) is 3.76. The van der Waals surface area contributed by atoms with E-state index < -0.39 is 0 Å². The first-order valence-corrected chi connectivity index (χ1v) is 7.67. The van der Waals surface area contributed by atoms with Gasteiger partial charge in [-0.05, 0) is 25.1 Å². The van der Waals surface area contributed by atoms with Gasteiger partial charge in [-0.1, -0.05) is 39.3 Å². The Hall–Kier alpha value is -2.21. The molecule has 0 aliphatic heterocycles. The summed E-state index contributed by atoms with van der Waals surface area (Å²) in [7, 11) is 4.64. The van der Waals surface area contributed by atoms with Crippen LogP contribution in [-0.2, 0) is 0 Å². The Morgan fingerprint density at radius 2 is 1.48 bits per heavy atom. The highest BCUT2D eigenvalue weighted by molar-refractivity contribution is 9.10. The van der Waals surface area contributed by atoms with Crippen molar-refractivity contribution in [1.29, 1.82) is 0 Å². The van der Waals surface area contributed by atoms with Gasteiger partial charge in [-0.15, -0.1) is 0 Å². The van der Waals surface area contributed by atoms with Crippen LogP contribution in [0.3, 0.4) is 0 Å². The van der Waals surface area contributed by atoms with Crippen molar-refractivity contribution in [2.75, 3.05) is 21.3 Å². The molecule has 0 atom stereocenters. The van der Waals surface area contributed by atoms with Gasteiger partial charge in [-0.2, -0.15) is 0 Å². The highest BCUT2D eigenvalue weighted by Gasteiger charge is 2.17. The largest absolute Gasteiger partial charge is 0.493 e. The van der Waals surface area contributed by atoms with Gasteiger partial charge in [0.25, 0.3) is 0 Å². The molecule has 0 saturated carbocycles. The molecule has 2 aromatic carbocycles. The smallest absolute Gasteiger partial charge is 0.210 e. The van der Waals surface area contributed by atoms with Crippen LogP contribution >= 0.6 is 15.9 Å². The Kier molecular flexibility index (Phi) is 5.87. The predicted molar refractivity (Wildman–Crippen MR) is 93.1 cm³/mol. The van der Waals surface area contributed by atoms with Gasteiger partial charge in [-0.3, -0.25) is 0 Å². The van der Waals surface area contributed by atoms with Crippen LogP contribution in [0.4, 0.5) is 0 Å². The zero-order valence-electron chi connectivity index (χ0n) is 13.4. The van der Waals surface area contributed by atoms with Gasteiger partial charge in [0.1, 0.15) is 0 Å². The summed E-state index contributed by atoms with van der Waals surface area (Å²) in [4.78, 5) is 5.55. The lowest BCUT2D eigenvalue weighted by molar-refractivity contribution is 0.287. The molecule has 0 N–H and O–H groups in total. The molecule has 0 aliphatic rings. The maximum absolute atomic E-state index is 5.55. The third-order valence-corrected chi connectivity index (χ3v) is 3.90. The number of hydrogen-bond donors (Lipinski definition) is 0. The second kappa shape index (κ2) is 7.87. The van der Waals surface area contributed by atoms with E-state index in [2.05, 4.69) is 21.1 Å². The first-order valence-electron chi connectivity index (χ1n) is 6.87. The zero-order valence-corrected chi connectivity index (χ0v) is 15.0. The summed E-state index contributed by atoms with van der Waals surface area (Å²) in [5, 5.41) is 4.18. The van der Waals surface area contributed by atoms with Crippen LogP contribution in [0, 0.1) is 0 Å². The van der Waals surface area contributed by atoms with E-state index in [1.54, 1.807) is 26.4 Å². The van der Waals surface area contributed by atoms with Crippen LogP contribution in [0.25, 0.3) is 0 Å². The first kappa shape index (κ1) is 17.1. The number of hydrogen-bond acceptors (Lipinski definition) is 5. The van der Waals surface area contributed by atoms with Gasteiger partial charge < -0.3 is 19.0 Å². The van der Waals surface area contributed by atoms with Crippen molar-refractivity contribution in [1.82, 2.24) is 0 Å². The quantitative estimate of drug-likeness (QED) is 0.555. The summed E-state index contributed by atoms with van der Waals surface area (Å²) in [6.45, 7) is 1.87. The molecule has 5 nitrogen and oxygen atoms in total. The molecule has 6 heteroatoms. The number of nitrogens with zero attached hydrogens (tertiary/aromatic N) is 1. The van der Waals surface area contributed by atoms with Gasteiger partial charge in [0.05, 0.1) is 27.0 Å². The Morgan fingerprint density at radius 3 is 2.09 bits per heavy atom. The molecule has 2 aromatic rings. The zero-order chi connectivity index (χ0) is 16.8. The van der Waals surface area contributed by atoms with Crippen molar-refractivity contribution in [2.45, 2.75) is 6.92 Å². The summed E-state index contributed by atoms with van der Waals surface area (Å²) in [5.74, 6) is 1.89. The fourth-order valence-corrected chi connectivity index (χ4v) is 2.64. The Morgan fingerprint density at radius 1 is 0.870 bits per heavy atom. The highest BCUT2D eigenvalue weighted by atomic mass is 79.9. The molecular weight excluding hydrogens is 362 g/mol. The lowest BCUT2D eigenvalue weighted by atomic mass is 10.1. The summed E-state index contributed by atoms with van der Waals surface area (Å²) < 4.78 is 16.9.